The maximum Gasteiger partial charge on any atom is 0.128 e. The first-order chi connectivity index (χ1) is 8.65. The Bertz CT molecular complexity index is 508. The molecule has 0 saturated carbocycles. The van der Waals surface area contributed by atoms with Crippen molar-refractivity contribution in [2.45, 2.75) is 13.3 Å². The van der Waals surface area contributed by atoms with E-state index in [1.807, 2.05) is 18.3 Å². The fourth-order valence-electron chi connectivity index (χ4n) is 1.87. The maximum absolute atomic E-state index is 4.39. The third-order valence-electron chi connectivity index (χ3n) is 2.92. The van der Waals surface area contributed by atoms with Gasteiger partial charge in [0.05, 0.1) is 0 Å². The summed E-state index contributed by atoms with van der Waals surface area (Å²) in [6, 6.07) is 12.7. The molecular formula is C15H17BrN2. The van der Waals surface area contributed by atoms with E-state index in [0.29, 0.717) is 0 Å². The molecule has 1 aromatic carbocycles. The Morgan fingerprint density at radius 3 is 2.72 bits per heavy atom. The van der Waals surface area contributed by atoms with Crippen LogP contribution in [-0.2, 0) is 6.42 Å². The van der Waals surface area contributed by atoms with Crippen LogP contribution in [0.2, 0.25) is 0 Å². The topological polar surface area (TPSA) is 16.1 Å². The van der Waals surface area contributed by atoms with E-state index in [2.05, 4.69) is 64.1 Å². The van der Waals surface area contributed by atoms with Gasteiger partial charge in [-0.05, 0) is 47.0 Å². The van der Waals surface area contributed by atoms with Crippen molar-refractivity contribution in [3.05, 3.63) is 58.2 Å². The lowest BCUT2D eigenvalue weighted by Gasteiger charge is -2.18. The van der Waals surface area contributed by atoms with Crippen molar-refractivity contribution in [3.8, 4) is 0 Å². The molecule has 0 amide bonds. The number of halogens is 1. The summed E-state index contributed by atoms with van der Waals surface area (Å²) in [7, 11) is 2.08. The van der Waals surface area contributed by atoms with Gasteiger partial charge in [0.1, 0.15) is 5.82 Å². The van der Waals surface area contributed by atoms with Crippen LogP contribution in [0.25, 0.3) is 0 Å². The maximum atomic E-state index is 4.39. The normalized spacial score (nSPS) is 10.4. The minimum absolute atomic E-state index is 0.970. The quantitative estimate of drug-likeness (QED) is 0.853. The second-order valence-corrected chi connectivity index (χ2v) is 5.41. The molecule has 1 heterocycles. The molecule has 18 heavy (non-hydrogen) atoms. The molecule has 2 nitrogen and oxygen atoms in total. The summed E-state index contributed by atoms with van der Waals surface area (Å²) in [5.74, 6) is 1.01. The van der Waals surface area contributed by atoms with Crippen LogP contribution in [0.1, 0.15) is 11.1 Å². The number of aryl methyl sites for hydroxylation is 1. The van der Waals surface area contributed by atoms with Crippen LogP contribution in [0.4, 0.5) is 5.82 Å². The highest BCUT2D eigenvalue weighted by Crippen LogP contribution is 2.14. The summed E-state index contributed by atoms with van der Waals surface area (Å²) in [5, 5.41) is 0. The van der Waals surface area contributed by atoms with E-state index in [-0.39, 0.29) is 0 Å². The standard InChI is InChI=1S/C15H17BrN2/c1-12-4-3-5-13(10-12)8-9-18(2)15-7-6-14(16)11-17-15/h3-7,10-11H,8-9H2,1-2H3. The van der Waals surface area contributed by atoms with Gasteiger partial charge in [-0.15, -0.1) is 0 Å². The fourth-order valence-corrected chi connectivity index (χ4v) is 2.11. The van der Waals surface area contributed by atoms with E-state index in [0.717, 1.165) is 23.3 Å². The highest BCUT2D eigenvalue weighted by molar-refractivity contribution is 9.10. The minimum atomic E-state index is 0.970. The summed E-state index contributed by atoms with van der Waals surface area (Å²) in [6.07, 6.45) is 2.87. The number of nitrogens with zero attached hydrogens (tertiary/aromatic N) is 2. The first-order valence-electron chi connectivity index (χ1n) is 6.03. The van der Waals surface area contributed by atoms with E-state index in [4.69, 9.17) is 0 Å². The summed E-state index contributed by atoms with van der Waals surface area (Å²) in [4.78, 5) is 6.56. The van der Waals surface area contributed by atoms with Gasteiger partial charge in [-0.3, -0.25) is 0 Å². The number of hydrogen-bond acceptors (Lipinski definition) is 2. The Balaban J connectivity index is 1.96. The molecule has 0 bridgehead atoms. The molecule has 2 aromatic rings. The molecule has 0 radical (unpaired) electrons. The molecule has 0 saturated heterocycles. The molecule has 0 aliphatic carbocycles. The molecule has 0 aliphatic rings. The summed E-state index contributed by atoms with van der Waals surface area (Å²) >= 11 is 3.40. The van der Waals surface area contributed by atoms with E-state index >= 15 is 0 Å². The molecular weight excluding hydrogens is 288 g/mol. The summed E-state index contributed by atoms with van der Waals surface area (Å²) in [5.41, 5.74) is 2.69. The predicted molar refractivity (Wildman–Crippen MR) is 80.1 cm³/mol. The Morgan fingerprint density at radius 1 is 1.22 bits per heavy atom. The van der Waals surface area contributed by atoms with Crippen LogP contribution < -0.4 is 4.90 Å². The summed E-state index contributed by atoms with van der Waals surface area (Å²) in [6.45, 7) is 3.10. The molecule has 0 atom stereocenters. The van der Waals surface area contributed by atoms with Crippen molar-refractivity contribution in [3.63, 3.8) is 0 Å². The molecule has 3 heteroatoms. The van der Waals surface area contributed by atoms with Gasteiger partial charge in [-0.2, -0.15) is 0 Å². The van der Waals surface area contributed by atoms with Gasteiger partial charge in [0.25, 0.3) is 0 Å². The van der Waals surface area contributed by atoms with Gasteiger partial charge >= 0.3 is 0 Å². The zero-order chi connectivity index (χ0) is 13.0. The SMILES string of the molecule is Cc1cccc(CCN(C)c2ccc(Br)cn2)c1. The van der Waals surface area contributed by atoms with Crippen molar-refractivity contribution in [1.29, 1.82) is 0 Å². The molecule has 0 spiro atoms. The monoisotopic (exact) mass is 304 g/mol. The van der Waals surface area contributed by atoms with Crippen molar-refractivity contribution in [2.24, 2.45) is 0 Å². The molecule has 0 aliphatic heterocycles. The van der Waals surface area contributed by atoms with Gasteiger partial charge in [-0.1, -0.05) is 29.8 Å². The second-order valence-electron chi connectivity index (χ2n) is 4.50. The van der Waals surface area contributed by atoms with Crippen molar-refractivity contribution in [2.75, 3.05) is 18.5 Å². The zero-order valence-corrected chi connectivity index (χ0v) is 12.3. The van der Waals surface area contributed by atoms with Gasteiger partial charge in [0, 0.05) is 24.3 Å². The first kappa shape index (κ1) is 13.1. The second kappa shape index (κ2) is 6.01. The lowest BCUT2D eigenvalue weighted by atomic mass is 10.1. The third kappa shape index (κ3) is 3.57. The van der Waals surface area contributed by atoms with Crippen molar-refractivity contribution >= 4 is 21.7 Å². The number of benzene rings is 1. The highest BCUT2D eigenvalue weighted by Gasteiger charge is 2.02. The van der Waals surface area contributed by atoms with Crippen LogP contribution in [0.15, 0.2) is 47.1 Å². The van der Waals surface area contributed by atoms with Crippen LogP contribution in [-0.4, -0.2) is 18.6 Å². The van der Waals surface area contributed by atoms with E-state index < -0.39 is 0 Å². The van der Waals surface area contributed by atoms with Gasteiger partial charge in [-0.25, -0.2) is 4.98 Å². The number of anilines is 1. The molecule has 0 unspecified atom stereocenters. The van der Waals surface area contributed by atoms with Gasteiger partial charge in [0.15, 0.2) is 0 Å². The highest BCUT2D eigenvalue weighted by atomic mass is 79.9. The van der Waals surface area contributed by atoms with Gasteiger partial charge < -0.3 is 4.90 Å². The molecule has 0 N–H and O–H groups in total. The lowest BCUT2D eigenvalue weighted by Crippen LogP contribution is -2.21. The number of rotatable bonds is 4. The van der Waals surface area contributed by atoms with Gasteiger partial charge in [0.2, 0.25) is 0 Å². The van der Waals surface area contributed by atoms with E-state index in [1.54, 1.807) is 0 Å². The van der Waals surface area contributed by atoms with Crippen LogP contribution >= 0.6 is 15.9 Å². The molecule has 94 valence electrons. The average Bonchev–Trinajstić information content (AvgIpc) is 2.37. The smallest absolute Gasteiger partial charge is 0.128 e. The number of aromatic nitrogens is 1. The Hall–Kier alpha value is -1.35. The first-order valence-corrected chi connectivity index (χ1v) is 6.83. The lowest BCUT2D eigenvalue weighted by molar-refractivity contribution is 0.859. The Kier molecular flexibility index (Phi) is 4.37. The Morgan fingerprint density at radius 2 is 2.06 bits per heavy atom. The predicted octanol–water partition coefficient (Wildman–Crippen LogP) is 3.83. The molecule has 2 rings (SSSR count). The molecule has 0 fully saturated rings. The fraction of sp³-hybridized carbons (Fsp3) is 0.267. The summed E-state index contributed by atoms with van der Waals surface area (Å²) < 4.78 is 1.01. The molecule has 1 aromatic heterocycles. The van der Waals surface area contributed by atoms with Crippen molar-refractivity contribution in [1.82, 2.24) is 4.98 Å². The number of pyridine rings is 1. The number of likely N-dealkylation sites (N-methyl/N-ethyl adjacent to an activating group) is 1. The van der Waals surface area contributed by atoms with Crippen LogP contribution in [0.3, 0.4) is 0 Å². The minimum Gasteiger partial charge on any atom is -0.359 e. The van der Waals surface area contributed by atoms with Crippen LogP contribution in [0, 0.1) is 6.92 Å². The van der Waals surface area contributed by atoms with Crippen molar-refractivity contribution < 1.29 is 0 Å². The van der Waals surface area contributed by atoms with Crippen LogP contribution in [0.5, 0.6) is 0 Å². The zero-order valence-electron chi connectivity index (χ0n) is 10.7. The third-order valence-corrected chi connectivity index (χ3v) is 3.39. The van der Waals surface area contributed by atoms with E-state index in [1.165, 1.54) is 11.1 Å². The Labute approximate surface area is 117 Å². The largest absolute Gasteiger partial charge is 0.359 e. The van der Waals surface area contributed by atoms with E-state index in [9.17, 15) is 0 Å². The average molecular weight is 305 g/mol. The number of hydrogen-bond donors (Lipinski definition) is 0.